The summed E-state index contributed by atoms with van der Waals surface area (Å²) < 4.78 is 7.80. The van der Waals surface area contributed by atoms with E-state index in [1.54, 1.807) is 19.2 Å². The summed E-state index contributed by atoms with van der Waals surface area (Å²) in [5, 5.41) is 0.495. The van der Waals surface area contributed by atoms with Crippen LogP contribution in [0.4, 0.5) is 0 Å². The molecule has 0 aliphatic rings. The lowest BCUT2D eigenvalue weighted by Gasteiger charge is -2.15. The van der Waals surface area contributed by atoms with Gasteiger partial charge in [-0.15, -0.1) is 0 Å². The lowest BCUT2D eigenvalue weighted by atomic mass is 10.0. The van der Waals surface area contributed by atoms with Crippen LogP contribution in [-0.2, 0) is 11.3 Å². The van der Waals surface area contributed by atoms with Crippen molar-refractivity contribution < 1.29 is 9.53 Å². The average Bonchev–Trinajstić information content (AvgIpc) is 2.59. The smallest absolute Gasteiger partial charge is 0.343 e. The number of ether oxygens (including phenoxy) is 1. The molecular weight excluding hydrogens is 394 g/mol. The number of esters is 1. The summed E-state index contributed by atoms with van der Waals surface area (Å²) in [6.45, 7) is 6.64. The van der Waals surface area contributed by atoms with Crippen molar-refractivity contribution in [2.75, 3.05) is 6.61 Å². The van der Waals surface area contributed by atoms with Gasteiger partial charge in [0.05, 0.1) is 12.1 Å². The molecule has 1 aromatic heterocycles. The number of hydrogen-bond acceptors (Lipinski definition) is 3. The minimum Gasteiger partial charge on any atom is -0.462 e. The molecule has 0 saturated heterocycles. The van der Waals surface area contributed by atoms with Crippen LogP contribution < -0.4 is 5.43 Å². The number of benzene rings is 2. The monoisotopic (exact) mass is 413 g/mol. The third-order valence-electron chi connectivity index (χ3n) is 4.38. The lowest BCUT2D eigenvalue weighted by Crippen LogP contribution is -2.21. The van der Waals surface area contributed by atoms with Gasteiger partial charge in [0.15, 0.2) is 0 Å². The van der Waals surface area contributed by atoms with Gasteiger partial charge < -0.3 is 9.30 Å². The summed E-state index contributed by atoms with van der Waals surface area (Å²) in [5.41, 5.74) is 4.04. The second-order valence-electron chi connectivity index (χ2n) is 6.31. The molecule has 134 valence electrons. The molecule has 3 rings (SSSR count). The van der Waals surface area contributed by atoms with Crippen molar-refractivity contribution in [3.8, 4) is 0 Å². The molecule has 2 aromatic carbocycles. The van der Waals surface area contributed by atoms with Crippen molar-refractivity contribution >= 4 is 32.8 Å². The Morgan fingerprint density at radius 2 is 1.92 bits per heavy atom. The van der Waals surface area contributed by atoms with Crippen LogP contribution in [0.3, 0.4) is 0 Å². The summed E-state index contributed by atoms with van der Waals surface area (Å²) >= 11 is 3.41. The van der Waals surface area contributed by atoms with Crippen molar-refractivity contribution in [2.45, 2.75) is 27.3 Å². The Labute approximate surface area is 160 Å². The summed E-state index contributed by atoms with van der Waals surface area (Å²) in [6.07, 6.45) is 1.61. The predicted molar refractivity (Wildman–Crippen MR) is 107 cm³/mol. The first kappa shape index (κ1) is 18.4. The maximum atomic E-state index is 12.8. The van der Waals surface area contributed by atoms with Gasteiger partial charge in [0.1, 0.15) is 5.56 Å². The number of aryl methyl sites for hydroxylation is 2. The maximum Gasteiger partial charge on any atom is 0.343 e. The summed E-state index contributed by atoms with van der Waals surface area (Å²) in [5.74, 6) is -0.589. The van der Waals surface area contributed by atoms with Gasteiger partial charge in [-0.3, -0.25) is 4.79 Å². The van der Waals surface area contributed by atoms with Crippen LogP contribution in [0.25, 0.3) is 10.9 Å². The summed E-state index contributed by atoms with van der Waals surface area (Å²) in [6, 6.07) is 11.8. The normalized spacial score (nSPS) is 10.9. The molecule has 1 heterocycles. The van der Waals surface area contributed by atoms with E-state index < -0.39 is 5.97 Å². The van der Waals surface area contributed by atoms with Crippen LogP contribution in [0.2, 0.25) is 0 Å². The Morgan fingerprint density at radius 1 is 1.15 bits per heavy atom. The number of hydrogen-bond donors (Lipinski definition) is 0. The highest BCUT2D eigenvalue weighted by molar-refractivity contribution is 9.10. The molecule has 0 bridgehead atoms. The summed E-state index contributed by atoms with van der Waals surface area (Å²) in [7, 11) is 0. The Kier molecular flexibility index (Phi) is 5.28. The zero-order valence-corrected chi connectivity index (χ0v) is 16.6. The first-order chi connectivity index (χ1) is 12.4. The first-order valence-electron chi connectivity index (χ1n) is 8.46. The van der Waals surface area contributed by atoms with Gasteiger partial charge in [0, 0.05) is 22.6 Å². The standard InChI is InChI=1S/C21H20BrNO3/c1-4-26-21(25)18-12-23(11-15-6-5-13(2)9-14(15)3)19-8-7-16(22)10-17(19)20(18)24/h5-10,12H,4,11H2,1-3H3. The van der Waals surface area contributed by atoms with E-state index in [0.29, 0.717) is 11.9 Å². The van der Waals surface area contributed by atoms with Crippen LogP contribution in [0.1, 0.15) is 34.0 Å². The third-order valence-corrected chi connectivity index (χ3v) is 4.87. The average molecular weight is 414 g/mol. The Balaban J connectivity index is 2.21. The van der Waals surface area contributed by atoms with Crippen molar-refractivity contribution in [1.82, 2.24) is 4.57 Å². The maximum absolute atomic E-state index is 12.8. The molecule has 0 spiro atoms. The van der Waals surface area contributed by atoms with Gasteiger partial charge in [-0.25, -0.2) is 4.79 Å². The number of aromatic nitrogens is 1. The number of rotatable bonds is 4. The van der Waals surface area contributed by atoms with Crippen molar-refractivity contribution in [1.29, 1.82) is 0 Å². The van der Waals surface area contributed by atoms with Crippen LogP contribution >= 0.6 is 15.9 Å². The number of pyridine rings is 1. The van der Waals surface area contributed by atoms with Gasteiger partial charge in [0.25, 0.3) is 0 Å². The molecule has 0 N–H and O–H groups in total. The van der Waals surface area contributed by atoms with Crippen LogP contribution in [0.15, 0.2) is 51.9 Å². The molecule has 0 fully saturated rings. The van der Waals surface area contributed by atoms with Gasteiger partial charge in [-0.2, -0.15) is 0 Å². The molecule has 0 saturated carbocycles. The van der Waals surface area contributed by atoms with Gasteiger partial charge in [-0.05, 0) is 50.1 Å². The number of carbonyl (C=O) groups is 1. The van der Waals surface area contributed by atoms with E-state index in [1.165, 1.54) is 11.1 Å². The number of nitrogens with zero attached hydrogens (tertiary/aromatic N) is 1. The van der Waals surface area contributed by atoms with E-state index in [4.69, 9.17) is 4.74 Å². The molecule has 0 unspecified atom stereocenters. The number of fused-ring (bicyclic) bond motifs is 1. The molecule has 0 atom stereocenters. The number of carbonyl (C=O) groups excluding carboxylic acids is 1. The molecular formula is C21H20BrNO3. The van der Waals surface area contributed by atoms with E-state index >= 15 is 0 Å². The molecule has 0 aliphatic heterocycles. The van der Waals surface area contributed by atoms with E-state index in [9.17, 15) is 9.59 Å². The van der Waals surface area contributed by atoms with Crippen molar-refractivity contribution in [2.24, 2.45) is 0 Å². The Morgan fingerprint density at radius 3 is 2.62 bits per heavy atom. The second-order valence-corrected chi connectivity index (χ2v) is 7.23. The topological polar surface area (TPSA) is 48.3 Å². The molecule has 5 heteroatoms. The molecule has 26 heavy (non-hydrogen) atoms. The van der Waals surface area contributed by atoms with E-state index in [2.05, 4.69) is 48.0 Å². The largest absolute Gasteiger partial charge is 0.462 e. The third kappa shape index (κ3) is 3.58. The Bertz CT molecular complexity index is 1050. The van der Waals surface area contributed by atoms with Crippen molar-refractivity contribution in [3.63, 3.8) is 0 Å². The molecule has 0 aliphatic carbocycles. The molecule has 4 nitrogen and oxygen atoms in total. The molecule has 0 amide bonds. The van der Waals surface area contributed by atoms with Crippen LogP contribution in [-0.4, -0.2) is 17.1 Å². The van der Waals surface area contributed by atoms with Gasteiger partial charge in [-0.1, -0.05) is 39.7 Å². The lowest BCUT2D eigenvalue weighted by molar-refractivity contribution is 0.0524. The van der Waals surface area contributed by atoms with Crippen LogP contribution in [0, 0.1) is 13.8 Å². The van der Waals surface area contributed by atoms with Gasteiger partial charge in [0.2, 0.25) is 5.43 Å². The van der Waals surface area contributed by atoms with E-state index in [-0.39, 0.29) is 17.6 Å². The predicted octanol–water partition coefficient (Wildman–Crippen LogP) is 4.61. The fourth-order valence-corrected chi connectivity index (χ4v) is 3.42. The highest BCUT2D eigenvalue weighted by Crippen LogP contribution is 2.21. The quantitative estimate of drug-likeness (QED) is 0.586. The fourth-order valence-electron chi connectivity index (χ4n) is 3.06. The molecule has 3 aromatic rings. The Hall–Kier alpha value is -2.40. The first-order valence-corrected chi connectivity index (χ1v) is 9.26. The van der Waals surface area contributed by atoms with E-state index in [1.807, 2.05) is 16.7 Å². The SMILES string of the molecule is CCOC(=O)c1cn(Cc2ccc(C)cc2C)c2ccc(Br)cc2c1=O. The zero-order chi connectivity index (χ0) is 18.8. The molecule has 0 radical (unpaired) electrons. The minimum atomic E-state index is -0.589. The highest BCUT2D eigenvalue weighted by atomic mass is 79.9. The fraction of sp³-hybridized carbons (Fsp3) is 0.238. The minimum absolute atomic E-state index is 0.0576. The zero-order valence-electron chi connectivity index (χ0n) is 15.0. The van der Waals surface area contributed by atoms with Gasteiger partial charge >= 0.3 is 5.97 Å². The van der Waals surface area contributed by atoms with Crippen LogP contribution in [0.5, 0.6) is 0 Å². The summed E-state index contributed by atoms with van der Waals surface area (Å²) in [4.78, 5) is 25.0. The van der Waals surface area contributed by atoms with E-state index in [0.717, 1.165) is 15.6 Å². The second kappa shape index (κ2) is 7.46. The highest BCUT2D eigenvalue weighted by Gasteiger charge is 2.17. The van der Waals surface area contributed by atoms with Crippen molar-refractivity contribution in [3.05, 3.63) is 79.5 Å². The number of halogens is 1.